The van der Waals surface area contributed by atoms with Gasteiger partial charge in [-0.3, -0.25) is 15.1 Å². The van der Waals surface area contributed by atoms with E-state index < -0.39 is 11.6 Å². The standard InChI is InChI=1S/C28H32F2N6O/c29-22-2-1-3-23(30)21(22)15-35-10-8-19-13-28(19,16-35)32-27(37)17-4-6-24-20(12-17)26(34-33-24)18-5-7-25-31-9-11-36(25)14-18/h1-3,5,7,9,11,14,17,19-20,24,26,33-34H,4,6,8,10,12-13,15-16H2,(H,32,37). The molecule has 9 heteroatoms. The van der Waals surface area contributed by atoms with Gasteiger partial charge in [0.2, 0.25) is 5.91 Å². The molecule has 2 saturated heterocycles. The van der Waals surface area contributed by atoms with Crippen molar-refractivity contribution >= 4 is 11.6 Å². The topological polar surface area (TPSA) is 73.7 Å². The van der Waals surface area contributed by atoms with E-state index >= 15 is 0 Å². The Kier molecular flexibility index (Phi) is 5.56. The number of hydrazine groups is 1. The molecule has 6 unspecified atom stereocenters. The van der Waals surface area contributed by atoms with Crippen LogP contribution in [0.15, 0.2) is 48.9 Å². The van der Waals surface area contributed by atoms with Crippen molar-refractivity contribution in [2.45, 2.75) is 56.3 Å². The van der Waals surface area contributed by atoms with Crippen molar-refractivity contribution in [1.29, 1.82) is 0 Å². The van der Waals surface area contributed by atoms with E-state index in [4.69, 9.17) is 0 Å². The summed E-state index contributed by atoms with van der Waals surface area (Å²) in [5, 5.41) is 3.42. The summed E-state index contributed by atoms with van der Waals surface area (Å²) in [5.74, 6) is -0.126. The van der Waals surface area contributed by atoms with Crippen LogP contribution in [0.1, 0.15) is 49.3 Å². The zero-order valence-corrected chi connectivity index (χ0v) is 20.7. The smallest absolute Gasteiger partial charge is 0.223 e. The van der Waals surface area contributed by atoms with Crippen LogP contribution in [-0.2, 0) is 11.3 Å². The molecule has 1 aromatic carbocycles. The maximum atomic E-state index is 14.2. The van der Waals surface area contributed by atoms with Gasteiger partial charge in [-0.1, -0.05) is 12.1 Å². The molecule has 7 rings (SSSR count). The summed E-state index contributed by atoms with van der Waals surface area (Å²) >= 11 is 0. The number of halogens is 2. The molecule has 3 aromatic rings. The lowest BCUT2D eigenvalue weighted by molar-refractivity contribution is -0.128. The van der Waals surface area contributed by atoms with Crippen LogP contribution < -0.4 is 16.2 Å². The van der Waals surface area contributed by atoms with Crippen LogP contribution >= 0.6 is 0 Å². The van der Waals surface area contributed by atoms with E-state index in [1.54, 1.807) is 6.20 Å². The van der Waals surface area contributed by atoms with Gasteiger partial charge in [-0.15, -0.1) is 0 Å². The maximum Gasteiger partial charge on any atom is 0.223 e. The zero-order valence-electron chi connectivity index (χ0n) is 20.7. The van der Waals surface area contributed by atoms with Crippen LogP contribution in [0.4, 0.5) is 8.78 Å². The van der Waals surface area contributed by atoms with E-state index in [1.165, 1.54) is 23.8 Å². The Bertz CT molecular complexity index is 1320. The Morgan fingerprint density at radius 1 is 1.14 bits per heavy atom. The minimum atomic E-state index is -0.506. The molecule has 3 N–H and O–H groups in total. The van der Waals surface area contributed by atoms with Gasteiger partial charge in [0.25, 0.3) is 0 Å². The van der Waals surface area contributed by atoms with E-state index in [9.17, 15) is 13.6 Å². The average molecular weight is 507 g/mol. The molecular formula is C28H32F2N6O. The molecular weight excluding hydrogens is 474 g/mol. The summed E-state index contributed by atoms with van der Waals surface area (Å²) in [7, 11) is 0. The SMILES string of the molecule is O=C(NC12CC1CCN(Cc1c(F)cccc1F)C2)C1CCC2NNC(c3ccc4nccn4c3)C2C1. The number of rotatable bonds is 5. The maximum absolute atomic E-state index is 14.2. The quantitative estimate of drug-likeness (QED) is 0.495. The minimum absolute atomic E-state index is 0.0301. The summed E-state index contributed by atoms with van der Waals surface area (Å²) in [4.78, 5) is 20.0. The fraction of sp³-hybridized carbons (Fsp3) is 0.500. The number of piperidine rings is 1. The van der Waals surface area contributed by atoms with Crippen molar-refractivity contribution in [3.8, 4) is 0 Å². The summed E-state index contributed by atoms with van der Waals surface area (Å²) in [5.41, 5.74) is 8.92. The van der Waals surface area contributed by atoms with Crippen LogP contribution in [0.5, 0.6) is 0 Å². The number of nitrogens with zero attached hydrogens (tertiary/aromatic N) is 3. The predicted octanol–water partition coefficient (Wildman–Crippen LogP) is 3.33. The Hall–Kier alpha value is -2.88. The largest absolute Gasteiger partial charge is 0.349 e. The third-order valence-electron chi connectivity index (χ3n) is 9.24. The van der Waals surface area contributed by atoms with Crippen molar-refractivity contribution in [3.63, 3.8) is 0 Å². The van der Waals surface area contributed by atoms with Gasteiger partial charge in [-0.2, -0.15) is 0 Å². The monoisotopic (exact) mass is 506 g/mol. The third-order valence-corrected chi connectivity index (χ3v) is 9.24. The van der Waals surface area contributed by atoms with Crippen molar-refractivity contribution in [2.24, 2.45) is 17.8 Å². The number of hydrogen-bond donors (Lipinski definition) is 3. The van der Waals surface area contributed by atoms with Gasteiger partial charge in [0.05, 0.1) is 11.6 Å². The number of fused-ring (bicyclic) bond motifs is 3. The third kappa shape index (κ3) is 4.13. The van der Waals surface area contributed by atoms with Crippen LogP contribution in [0.25, 0.3) is 5.65 Å². The molecule has 194 valence electrons. The molecule has 1 amide bonds. The second kappa shape index (κ2) is 8.85. The molecule has 2 saturated carbocycles. The number of pyridine rings is 1. The molecule has 2 aromatic heterocycles. The first-order chi connectivity index (χ1) is 18.0. The summed E-state index contributed by atoms with van der Waals surface area (Å²) in [6.45, 7) is 1.67. The van der Waals surface area contributed by atoms with Crippen LogP contribution in [0.2, 0.25) is 0 Å². The molecule has 0 spiro atoms. The Balaban J connectivity index is 1.02. The lowest BCUT2D eigenvalue weighted by atomic mass is 9.74. The Morgan fingerprint density at radius 3 is 2.86 bits per heavy atom. The van der Waals surface area contributed by atoms with E-state index in [0.29, 0.717) is 24.4 Å². The van der Waals surface area contributed by atoms with Gasteiger partial charge in [0.15, 0.2) is 0 Å². The molecule has 4 heterocycles. The highest BCUT2D eigenvalue weighted by Crippen LogP contribution is 2.50. The first-order valence-electron chi connectivity index (χ1n) is 13.4. The van der Waals surface area contributed by atoms with Crippen LogP contribution in [0, 0.1) is 29.4 Å². The minimum Gasteiger partial charge on any atom is -0.349 e. The number of hydrogen-bond acceptors (Lipinski definition) is 5. The van der Waals surface area contributed by atoms with Gasteiger partial charge >= 0.3 is 0 Å². The van der Waals surface area contributed by atoms with Gasteiger partial charge in [0, 0.05) is 49.2 Å². The zero-order chi connectivity index (χ0) is 25.1. The van der Waals surface area contributed by atoms with E-state index in [-0.39, 0.29) is 35.5 Å². The highest BCUT2D eigenvalue weighted by Gasteiger charge is 2.58. The molecule has 6 atom stereocenters. The van der Waals surface area contributed by atoms with E-state index in [2.05, 4.69) is 38.3 Å². The number of amides is 1. The second-order valence-electron chi connectivity index (χ2n) is 11.4. The molecule has 4 fully saturated rings. The average Bonchev–Trinajstić information content (AvgIpc) is 3.20. The summed E-state index contributed by atoms with van der Waals surface area (Å²) < 4.78 is 30.5. The highest BCUT2D eigenvalue weighted by molar-refractivity contribution is 5.80. The fourth-order valence-electron chi connectivity index (χ4n) is 7.10. The van der Waals surface area contributed by atoms with E-state index in [0.717, 1.165) is 44.3 Å². The normalized spacial score (nSPS) is 33.2. The lowest BCUT2D eigenvalue weighted by Crippen LogP contribution is -2.52. The number of likely N-dealkylation sites (tertiary alicyclic amines) is 1. The number of carbonyl (C=O) groups excluding carboxylic acids is 1. The van der Waals surface area contributed by atoms with Gasteiger partial charge < -0.3 is 9.72 Å². The number of benzene rings is 1. The van der Waals surface area contributed by atoms with Crippen molar-refractivity contribution in [1.82, 2.24) is 30.5 Å². The molecule has 0 bridgehead atoms. The fourth-order valence-corrected chi connectivity index (χ4v) is 7.10. The summed E-state index contributed by atoms with van der Waals surface area (Å²) in [6.07, 6.45) is 10.4. The number of nitrogens with one attached hydrogen (secondary N) is 3. The second-order valence-corrected chi connectivity index (χ2v) is 11.4. The first kappa shape index (κ1) is 23.3. The Labute approximate surface area is 214 Å². The predicted molar refractivity (Wildman–Crippen MR) is 134 cm³/mol. The molecule has 7 nitrogen and oxygen atoms in total. The van der Waals surface area contributed by atoms with Crippen molar-refractivity contribution in [2.75, 3.05) is 13.1 Å². The lowest BCUT2D eigenvalue weighted by Gasteiger charge is -2.36. The summed E-state index contributed by atoms with van der Waals surface area (Å²) in [6, 6.07) is 8.66. The number of imidazole rings is 1. The Morgan fingerprint density at radius 2 is 2.00 bits per heavy atom. The van der Waals surface area contributed by atoms with E-state index in [1.807, 2.05) is 16.7 Å². The molecule has 2 aliphatic heterocycles. The number of aromatic nitrogens is 2. The van der Waals surface area contributed by atoms with Gasteiger partial charge in [-0.05, 0) is 74.2 Å². The van der Waals surface area contributed by atoms with Gasteiger partial charge in [-0.25, -0.2) is 19.2 Å². The molecule has 2 aliphatic carbocycles. The molecule has 37 heavy (non-hydrogen) atoms. The van der Waals surface area contributed by atoms with Crippen molar-refractivity contribution < 1.29 is 13.6 Å². The van der Waals surface area contributed by atoms with Crippen LogP contribution in [-0.4, -0.2) is 44.9 Å². The number of carbonyl (C=O) groups is 1. The highest BCUT2D eigenvalue weighted by atomic mass is 19.1. The van der Waals surface area contributed by atoms with Gasteiger partial charge in [0.1, 0.15) is 17.3 Å². The van der Waals surface area contributed by atoms with Crippen LogP contribution in [0.3, 0.4) is 0 Å². The van der Waals surface area contributed by atoms with Crippen molar-refractivity contribution in [3.05, 3.63) is 71.7 Å². The first-order valence-corrected chi connectivity index (χ1v) is 13.4. The molecule has 0 radical (unpaired) electrons. The molecule has 4 aliphatic rings.